The van der Waals surface area contributed by atoms with E-state index in [0.717, 1.165) is 34.4 Å². The number of carbonyl (C=O) groups is 1. The molecule has 5 rings (SSSR count). The molecule has 2 aromatic carbocycles. The van der Waals surface area contributed by atoms with Gasteiger partial charge in [-0.15, -0.1) is 0 Å². The van der Waals surface area contributed by atoms with Gasteiger partial charge in [-0.25, -0.2) is 9.59 Å². The predicted octanol–water partition coefficient (Wildman–Crippen LogP) is 1.47. The van der Waals surface area contributed by atoms with E-state index in [2.05, 4.69) is 40.3 Å². The number of nitrogens with one attached hydrogen (secondary N) is 2. The Morgan fingerprint density at radius 3 is 2.62 bits per heavy atom. The second-order valence-electron chi connectivity index (χ2n) is 7.43. The normalized spacial score (nSPS) is 16.6. The Bertz CT molecular complexity index is 1410. The Labute approximate surface area is 164 Å². The minimum atomic E-state index is -1.31. The summed E-state index contributed by atoms with van der Waals surface area (Å²) in [5.74, 6) is -1.70. The van der Waals surface area contributed by atoms with Crippen LogP contribution in [-0.4, -0.2) is 21.0 Å². The number of aromatic amines is 2. The van der Waals surface area contributed by atoms with Crippen LogP contribution in [0.1, 0.15) is 45.9 Å². The molecule has 0 fully saturated rings. The molecule has 29 heavy (non-hydrogen) atoms. The number of H-pyrrole nitrogens is 2. The van der Waals surface area contributed by atoms with Crippen molar-refractivity contribution < 1.29 is 9.90 Å². The van der Waals surface area contributed by atoms with E-state index in [4.69, 9.17) is 0 Å². The molecule has 3 N–H and O–H groups in total. The summed E-state index contributed by atoms with van der Waals surface area (Å²) in [7, 11) is 0. The lowest BCUT2D eigenvalue weighted by Gasteiger charge is -2.24. The third-order valence-electron chi connectivity index (χ3n) is 5.88. The number of carboxylic acids is 1. The Balaban J connectivity index is 1.76. The van der Waals surface area contributed by atoms with Gasteiger partial charge in [0.2, 0.25) is 0 Å². The first kappa shape index (κ1) is 17.4. The monoisotopic (exact) mass is 386 g/mol. The van der Waals surface area contributed by atoms with Gasteiger partial charge in [-0.1, -0.05) is 48.6 Å². The first-order valence-electron chi connectivity index (χ1n) is 9.56. The van der Waals surface area contributed by atoms with Crippen molar-refractivity contribution >= 4 is 18.1 Å². The van der Waals surface area contributed by atoms with E-state index >= 15 is 0 Å². The summed E-state index contributed by atoms with van der Waals surface area (Å²) in [6, 6.07) is 12.3. The van der Waals surface area contributed by atoms with Crippen molar-refractivity contribution in [2.24, 2.45) is 0 Å². The van der Waals surface area contributed by atoms with E-state index in [1.165, 1.54) is 11.1 Å². The average Bonchev–Trinajstić information content (AvgIpc) is 2.72. The van der Waals surface area contributed by atoms with Crippen LogP contribution < -0.4 is 21.7 Å². The lowest BCUT2D eigenvalue weighted by molar-refractivity contribution is 0.0687. The zero-order valence-corrected chi connectivity index (χ0v) is 15.5. The first-order chi connectivity index (χ1) is 14.0. The molecule has 1 atom stereocenters. The number of rotatable bonds is 2. The van der Waals surface area contributed by atoms with E-state index in [0.29, 0.717) is 6.42 Å². The molecule has 0 saturated carbocycles. The number of carboxylic acid groups (broad SMARTS) is 1. The van der Waals surface area contributed by atoms with E-state index in [9.17, 15) is 19.5 Å². The molecule has 0 saturated heterocycles. The van der Waals surface area contributed by atoms with Crippen LogP contribution in [0.3, 0.4) is 0 Å². The highest BCUT2D eigenvalue weighted by atomic mass is 16.4. The van der Waals surface area contributed by atoms with Crippen molar-refractivity contribution in [2.45, 2.75) is 25.2 Å². The third kappa shape index (κ3) is 2.68. The maximum Gasteiger partial charge on any atom is 0.352 e. The van der Waals surface area contributed by atoms with Gasteiger partial charge in [0, 0.05) is 5.92 Å². The van der Waals surface area contributed by atoms with Crippen LogP contribution in [0.5, 0.6) is 0 Å². The Kier molecular flexibility index (Phi) is 3.87. The van der Waals surface area contributed by atoms with E-state index in [1.54, 1.807) is 0 Å². The van der Waals surface area contributed by atoms with Crippen LogP contribution >= 0.6 is 0 Å². The fourth-order valence-corrected chi connectivity index (χ4v) is 4.66. The highest BCUT2D eigenvalue weighted by Gasteiger charge is 2.28. The smallest absolute Gasteiger partial charge is 0.352 e. The zero-order chi connectivity index (χ0) is 20.1. The van der Waals surface area contributed by atoms with Gasteiger partial charge in [0.1, 0.15) is 5.69 Å². The van der Waals surface area contributed by atoms with Gasteiger partial charge in [0.05, 0.1) is 5.56 Å². The molecule has 2 aliphatic rings. The Morgan fingerprint density at radius 2 is 1.79 bits per heavy atom. The van der Waals surface area contributed by atoms with Crippen molar-refractivity contribution in [3.8, 4) is 11.1 Å². The molecule has 144 valence electrons. The molecule has 3 aromatic rings. The molecule has 6 nitrogen and oxygen atoms in total. The molecule has 0 radical (unpaired) electrons. The standard InChI is InChI=1S/C23H18N2O4/c26-21-19(20(22(27)28)24-23(29)25-21)18-7-3-6-14-16-9-8-12-4-1-2-5-13(12)15(16)10-11-17(14)18/h1-2,4-6,9-11,18H,3,7-8H2,(H,27,28)(H2,24,25,26,29). The Morgan fingerprint density at radius 1 is 0.966 bits per heavy atom. The van der Waals surface area contributed by atoms with E-state index in [-0.39, 0.29) is 11.3 Å². The Hall–Kier alpha value is -3.67. The van der Waals surface area contributed by atoms with Crippen LogP contribution in [0.4, 0.5) is 0 Å². The number of hydrogen-bond acceptors (Lipinski definition) is 3. The van der Waals surface area contributed by atoms with Crippen LogP contribution in [0.15, 0.2) is 46.0 Å². The summed E-state index contributed by atoms with van der Waals surface area (Å²) in [6.07, 6.45) is 6.52. The van der Waals surface area contributed by atoms with Crippen molar-refractivity contribution in [1.29, 1.82) is 0 Å². The summed E-state index contributed by atoms with van der Waals surface area (Å²) in [6.45, 7) is 0. The van der Waals surface area contributed by atoms with Gasteiger partial charge in [-0.05, 0) is 52.0 Å². The van der Waals surface area contributed by atoms with Crippen LogP contribution in [-0.2, 0) is 6.42 Å². The maximum atomic E-state index is 12.6. The molecule has 1 aromatic heterocycles. The quantitative estimate of drug-likeness (QED) is 0.621. The van der Waals surface area contributed by atoms with Gasteiger partial charge < -0.3 is 10.1 Å². The number of fused-ring (bicyclic) bond motifs is 5. The minimum Gasteiger partial charge on any atom is -0.477 e. The first-order valence-corrected chi connectivity index (χ1v) is 9.56. The molecule has 0 aliphatic heterocycles. The van der Waals surface area contributed by atoms with Crippen molar-refractivity contribution in [1.82, 2.24) is 9.97 Å². The van der Waals surface area contributed by atoms with Gasteiger partial charge >= 0.3 is 11.7 Å². The lowest BCUT2D eigenvalue weighted by Crippen LogP contribution is -2.38. The van der Waals surface area contributed by atoms with Gasteiger partial charge in [-0.2, -0.15) is 0 Å². The van der Waals surface area contributed by atoms with Gasteiger partial charge in [0.25, 0.3) is 5.56 Å². The van der Waals surface area contributed by atoms with Crippen LogP contribution in [0.2, 0.25) is 0 Å². The van der Waals surface area contributed by atoms with Crippen molar-refractivity contribution in [3.63, 3.8) is 0 Å². The minimum absolute atomic E-state index is 0.114. The average molecular weight is 386 g/mol. The number of aromatic nitrogens is 2. The number of benzene rings is 2. The van der Waals surface area contributed by atoms with E-state index in [1.807, 2.05) is 18.2 Å². The van der Waals surface area contributed by atoms with Crippen molar-refractivity contribution in [2.75, 3.05) is 0 Å². The SMILES string of the molecule is O=C(O)c1[nH]c(=O)[nH]c(=O)c1C1CCC=c2c1ccc1c2=CCc2ccccc2-1. The fourth-order valence-electron chi connectivity index (χ4n) is 4.66. The van der Waals surface area contributed by atoms with Crippen LogP contribution in [0, 0.1) is 0 Å². The van der Waals surface area contributed by atoms with Crippen LogP contribution in [0.25, 0.3) is 23.3 Å². The highest BCUT2D eigenvalue weighted by molar-refractivity contribution is 5.87. The molecular formula is C23H18N2O4. The summed E-state index contributed by atoms with van der Waals surface area (Å²) >= 11 is 0. The van der Waals surface area contributed by atoms with Crippen molar-refractivity contribution in [3.05, 3.63) is 90.1 Å². The number of hydrogen-bond donors (Lipinski definition) is 3. The fraction of sp³-hybridized carbons (Fsp3) is 0.174. The zero-order valence-electron chi connectivity index (χ0n) is 15.5. The third-order valence-corrected chi connectivity index (χ3v) is 5.88. The van der Waals surface area contributed by atoms with Gasteiger partial charge in [-0.3, -0.25) is 9.78 Å². The second-order valence-corrected chi connectivity index (χ2v) is 7.43. The van der Waals surface area contributed by atoms with Gasteiger partial charge in [0.15, 0.2) is 0 Å². The molecule has 1 heterocycles. The highest BCUT2D eigenvalue weighted by Crippen LogP contribution is 2.31. The molecule has 6 heteroatoms. The topological polar surface area (TPSA) is 103 Å². The predicted molar refractivity (Wildman–Crippen MR) is 109 cm³/mol. The molecule has 0 spiro atoms. The molecule has 1 unspecified atom stereocenters. The molecular weight excluding hydrogens is 368 g/mol. The second kappa shape index (κ2) is 6.44. The largest absolute Gasteiger partial charge is 0.477 e. The summed E-state index contributed by atoms with van der Waals surface area (Å²) in [5, 5.41) is 11.7. The molecule has 0 bridgehead atoms. The summed E-state index contributed by atoms with van der Waals surface area (Å²) in [4.78, 5) is 40.4. The summed E-state index contributed by atoms with van der Waals surface area (Å²) < 4.78 is 0. The lowest BCUT2D eigenvalue weighted by atomic mass is 9.79. The molecule has 0 amide bonds. The van der Waals surface area contributed by atoms with E-state index < -0.39 is 23.1 Å². The maximum absolute atomic E-state index is 12.6. The summed E-state index contributed by atoms with van der Waals surface area (Å²) in [5.41, 5.74) is 2.88. The number of aromatic carboxylic acids is 1. The molecule has 2 aliphatic carbocycles.